The van der Waals surface area contributed by atoms with E-state index in [1.807, 2.05) is 12.1 Å². The summed E-state index contributed by atoms with van der Waals surface area (Å²) >= 11 is 6.37. The van der Waals surface area contributed by atoms with Gasteiger partial charge in [0, 0.05) is 26.2 Å². The molecule has 0 radical (unpaired) electrons. The minimum Gasteiger partial charge on any atom is -0.493 e. The number of hydrogen-bond acceptors (Lipinski definition) is 5. The van der Waals surface area contributed by atoms with Crippen molar-refractivity contribution in [1.29, 1.82) is 0 Å². The molecule has 0 N–H and O–H groups in total. The number of para-hydroxylation sites is 1. The number of anilines is 1. The number of fused-ring (bicyclic) bond motifs is 1. The van der Waals surface area contributed by atoms with Gasteiger partial charge in [0.1, 0.15) is 0 Å². The molecule has 0 spiro atoms. The van der Waals surface area contributed by atoms with Crippen LogP contribution in [0.5, 0.6) is 11.5 Å². The van der Waals surface area contributed by atoms with Crippen molar-refractivity contribution in [2.24, 2.45) is 0 Å². The number of rotatable bonds is 7. The van der Waals surface area contributed by atoms with Gasteiger partial charge in [-0.25, -0.2) is 0 Å². The van der Waals surface area contributed by atoms with Gasteiger partial charge in [0.2, 0.25) is 0 Å². The van der Waals surface area contributed by atoms with E-state index in [4.69, 9.17) is 25.8 Å². The first kappa shape index (κ1) is 22.3. The molecule has 0 saturated carbocycles. The second-order valence-electron chi connectivity index (χ2n) is 8.58. The lowest BCUT2D eigenvalue weighted by atomic mass is 9.84. The van der Waals surface area contributed by atoms with Gasteiger partial charge in [-0.15, -0.1) is 0 Å². The van der Waals surface area contributed by atoms with E-state index in [0.717, 1.165) is 80.8 Å². The van der Waals surface area contributed by atoms with Crippen LogP contribution in [0.1, 0.15) is 30.9 Å². The Morgan fingerprint density at radius 1 is 1.03 bits per heavy atom. The fraction of sp³-hybridized carbons (Fsp3) is 0.520. The van der Waals surface area contributed by atoms with Crippen LogP contribution < -0.4 is 14.4 Å². The number of benzene rings is 2. The minimum absolute atomic E-state index is 0.285. The molecular weight excluding hydrogens is 412 g/mol. The Bertz CT molecular complexity index is 898. The van der Waals surface area contributed by atoms with Gasteiger partial charge < -0.3 is 19.1 Å². The number of piperazine rings is 1. The molecule has 5 nitrogen and oxygen atoms in total. The van der Waals surface area contributed by atoms with E-state index < -0.39 is 0 Å². The Kier molecular flexibility index (Phi) is 6.95. The molecule has 0 amide bonds. The molecule has 4 rings (SSSR count). The van der Waals surface area contributed by atoms with Gasteiger partial charge in [-0.2, -0.15) is 0 Å². The zero-order valence-corrected chi connectivity index (χ0v) is 19.6. The summed E-state index contributed by atoms with van der Waals surface area (Å²) in [5.74, 6) is 1.57. The van der Waals surface area contributed by atoms with Gasteiger partial charge in [-0.05, 0) is 68.1 Å². The SMILES string of the molecule is COc1cc2c(cc1OC)C(C)(CCCN1CCN(c3ccccc3Cl)CC1)OCC2. The molecule has 1 unspecified atom stereocenters. The topological polar surface area (TPSA) is 34.2 Å². The molecule has 2 aliphatic rings. The molecule has 0 aliphatic carbocycles. The van der Waals surface area contributed by atoms with E-state index in [2.05, 4.69) is 41.0 Å². The third kappa shape index (κ3) is 4.79. The van der Waals surface area contributed by atoms with E-state index in [-0.39, 0.29) is 5.60 Å². The van der Waals surface area contributed by atoms with E-state index in [1.54, 1.807) is 14.2 Å². The maximum Gasteiger partial charge on any atom is 0.161 e. The predicted octanol–water partition coefficient (Wildman–Crippen LogP) is 4.75. The zero-order chi connectivity index (χ0) is 21.8. The Labute approximate surface area is 190 Å². The second kappa shape index (κ2) is 9.68. The monoisotopic (exact) mass is 444 g/mol. The zero-order valence-electron chi connectivity index (χ0n) is 18.8. The normalized spacial score (nSPS) is 21.6. The molecule has 2 heterocycles. The maximum absolute atomic E-state index is 6.37. The van der Waals surface area contributed by atoms with Crippen LogP contribution in [-0.2, 0) is 16.8 Å². The Morgan fingerprint density at radius 3 is 2.45 bits per heavy atom. The van der Waals surface area contributed by atoms with Crippen LogP contribution in [-0.4, -0.2) is 58.5 Å². The van der Waals surface area contributed by atoms with Crippen LogP contribution in [0.3, 0.4) is 0 Å². The average molecular weight is 445 g/mol. The highest BCUT2D eigenvalue weighted by atomic mass is 35.5. The van der Waals surface area contributed by atoms with Crippen LogP contribution in [0.25, 0.3) is 0 Å². The van der Waals surface area contributed by atoms with Crippen molar-refractivity contribution in [2.45, 2.75) is 31.8 Å². The van der Waals surface area contributed by atoms with Crippen molar-refractivity contribution in [3.8, 4) is 11.5 Å². The molecule has 2 aromatic carbocycles. The third-order valence-corrected chi connectivity index (χ3v) is 6.98. The molecule has 0 bridgehead atoms. The van der Waals surface area contributed by atoms with Gasteiger partial charge in [0.25, 0.3) is 0 Å². The van der Waals surface area contributed by atoms with Crippen molar-refractivity contribution >= 4 is 17.3 Å². The molecule has 31 heavy (non-hydrogen) atoms. The Balaban J connectivity index is 1.34. The lowest BCUT2D eigenvalue weighted by molar-refractivity contribution is -0.0548. The van der Waals surface area contributed by atoms with E-state index in [9.17, 15) is 0 Å². The summed E-state index contributed by atoms with van der Waals surface area (Å²) in [6.45, 7) is 8.18. The fourth-order valence-electron chi connectivity index (χ4n) is 4.85. The summed E-state index contributed by atoms with van der Waals surface area (Å²) in [5, 5.41) is 0.837. The first-order valence-corrected chi connectivity index (χ1v) is 11.5. The van der Waals surface area contributed by atoms with Gasteiger partial charge in [0.15, 0.2) is 11.5 Å². The van der Waals surface area contributed by atoms with Crippen LogP contribution in [0.15, 0.2) is 36.4 Å². The fourth-order valence-corrected chi connectivity index (χ4v) is 5.11. The number of hydrogen-bond donors (Lipinski definition) is 0. The van der Waals surface area contributed by atoms with Crippen molar-refractivity contribution in [2.75, 3.05) is 58.5 Å². The van der Waals surface area contributed by atoms with Crippen molar-refractivity contribution < 1.29 is 14.2 Å². The molecule has 1 fully saturated rings. The molecule has 0 aromatic heterocycles. The minimum atomic E-state index is -0.285. The number of nitrogens with zero attached hydrogens (tertiary/aromatic N) is 2. The molecular formula is C25H33ClN2O3. The standard InChI is InChI=1S/C25H33ClN2O3/c1-25(20-18-24(30-3)23(29-2)17-19(20)9-16-31-25)10-6-11-27-12-14-28(15-13-27)22-8-5-4-7-21(22)26/h4-5,7-8,17-18H,6,9-16H2,1-3H3. The van der Waals surface area contributed by atoms with Crippen LogP contribution in [0, 0.1) is 0 Å². The van der Waals surface area contributed by atoms with Crippen molar-refractivity contribution in [3.63, 3.8) is 0 Å². The lowest BCUT2D eigenvalue weighted by Crippen LogP contribution is -2.47. The number of ether oxygens (including phenoxy) is 3. The summed E-state index contributed by atoms with van der Waals surface area (Å²) in [5.41, 5.74) is 3.40. The Morgan fingerprint density at radius 2 is 1.74 bits per heavy atom. The third-order valence-electron chi connectivity index (χ3n) is 6.66. The van der Waals surface area contributed by atoms with E-state index in [1.165, 1.54) is 11.1 Å². The molecule has 6 heteroatoms. The van der Waals surface area contributed by atoms with E-state index in [0.29, 0.717) is 0 Å². The van der Waals surface area contributed by atoms with Gasteiger partial charge in [-0.3, -0.25) is 4.90 Å². The average Bonchev–Trinajstić information content (AvgIpc) is 2.79. The molecule has 2 aliphatic heterocycles. The van der Waals surface area contributed by atoms with E-state index >= 15 is 0 Å². The summed E-state index contributed by atoms with van der Waals surface area (Å²) < 4.78 is 17.3. The highest BCUT2D eigenvalue weighted by Gasteiger charge is 2.34. The summed E-state index contributed by atoms with van der Waals surface area (Å²) in [6.07, 6.45) is 2.99. The van der Waals surface area contributed by atoms with Crippen molar-refractivity contribution in [3.05, 3.63) is 52.5 Å². The number of methoxy groups -OCH3 is 2. The highest BCUT2D eigenvalue weighted by Crippen LogP contribution is 2.42. The molecule has 2 aromatic rings. The van der Waals surface area contributed by atoms with Crippen LogP contribution in [0.2, 0.25) is 5.02 Å². The van der Waals surface area contributed by atoms with Gasteiger partial charge in [0.05, 0.1) is 37.1 Å². The van der Waals surface area contributed by atoms with Gasteiger partial charge in [-0.1, -0.05) is 23.7 Å². The second-order valence-corrected chi connectivity index (χ2v) is 8.98. The first-order valence-electron chi connectivity index (χ1n) is 11.2. The molecule has 168 valence electrons. The quantitative estimate of drug-likeness (QED) is 0.615. The van der Waals surface area contributed by atoms with Crippen molar-refractivity contribution in [1.82, 2.24) is 4.90 Å². The predicted molar refractivity (Wildman–Crippen MR) is 126 cm³/mol. The first-order chi connectivity index (χ1) is 15.0. The largest absolute Gasteiger partial charge is 0.493 e. The summed E-state index contributed by atoms with van der Waals surface area (Å²) in [4.78, 5) is 4.94. The lowest BCUT2D eigenvalue weighted by Gasteiger charge is -2.39. The molecule has 1 atom stereocenters. The van der Waals surface area contributed by atoms with Crippen LogP contribution >= 0.6 is 11.6 Å². The Hall–Kier alpha value is -1.95. The number of halogens is 1. The maximum atomic E-state index is 6.37. The molecule has 1 saturated heterocycles. The smallest absolute Gasteiger partial charge is 0.161 e. The van der Waals surface area contributed by atoms with Crippen LogP contribution in [0.4, 0.5) is 5.69 Å². The summed E-state index contributed by atoms with van der Waals surface area (Å²) in [6, 6.07) is 12.3. The summed E-state index contributed by atoms with van der Waals surface area (Å²) in [7, 11) is 3.38. The van der Waals surface area contributed by atoms with Gasteiger partial charge >= 0.3 is 0 Å². The highest BCUT2D eigenvalue weighted by molar-refractivity contribution is 6.33.